The van der Waals surface area contributed by atoms with E-state index in [1.54, 1.807) is 7.11 Å². The van der Waals surface area contributed by atoms with Crippen LogP contribution in [0.2, 0.25) is 0 Å². The molecule has 1 atom stereocenters. The summed E-state index contributed by atoms with van der Waals surface area (Å²) in [7, 11) is 1.60. The highest BCUT2D eigenvalue weighted by Gasteiger charge is 2.41. The molecule has 2 saturated heterocycles. The van der Waals surface area contributed by atoms with E-state index >= 15 is 0 Å². The number of carbonyl (C=O) groups is 1. The molecule has 5 rings (SSSR count). The third-order valence-corrected chi connectivity index (χ3v) is 8.71. The van der Waals surface area contributed by atoms with Crippen molar-refractivity contribution >= 4 is 16.9 Å². The monoisotopic (exact) mass is 599 g/mol. The number of nitrogens with zero attached hydrogens (tertiary/aromatic N) is 3. The van der Waals surface area contributed by atoms with E-state index in [1.165, 1.54) is 0 Å². The summed E-state index contributed by atoms with van der Waals surface area (Å²) in [6.07, 6.45) is 2.38. The molecule has 0 radical (unpaired) electrons. The van der Waals surface area contributed by atoms with Crippen LogP contribution in [-0.2, 0) is 16.1 Å². The zero-order valence-corrected chi connectivity index (χ0v) is 24.4. The fourth-order valence-corrected chi connectivity index (χ4v) is 6.12. The van der Waals surface area contributed by atoms with Crippen molar-refractivity contribution in [2.24, 2.45) is 5.41 Å². The normalized spacial score (nSPS) is 18.4. The Hall–Kier alpha value is -3.38. The second-order valence-corrected chi connectivity index (χ2v) is 11.4. The minimum Gasteiger partial charge on any atom is -0.497 e. The number of morpholine rings is 1. The summed E-state index contributed by atoms with van der Waals surface area (Å²) in [6, 6.07) is 8.64. The van der Waals surface area contributed by atoms with Crippen LogP contribution in [-0.4, -0.2) is 90.6 Å². The van der Waals surface area contributed by atoms with Gasteiger partial charge in [0.1, 0.15) is 29.7 Å². The first kappa shape index (κ1) is 31.1. The first-order valence-corrected chi connectivity index (χ1v) is 14.7. The van der Waals surface area contributed by atoms with Gasteiger partial charge in [0.05, 0.1) is 37.4 Å². The molecule has 3 heterocycles. The molecule has 43 heavy (non-hydrogen) atoms. The van der Waals surface area contributed by atoms with Crippen molar-refractivity contribution < 1.29 is 38.0 Å². The van der Waals surface area contributed by atoms with Gasteiger partial charge in [-0.3, -0.25) is 19.6 Å². The molecule has 3 aromatic rings. The molecule has 2 aromatic carbocycles. The summed E-state index contributed by atoms with van der Waals surface area (Å²) >= 11 is 0. The van der Waals surface area contributed by atoms with Crippen molar-refractivity contribution in [1.82, 2.24) is 14.8 Å². The molecule has 0 amide bonds. The predicted molar refractivity (Wildman–Crippen MR) is 156 cm³/mol. The van der Waals surface area contributed by atoms with E-state index in [9.17, 15) is 23.8 Å². The van der Waals surface area contributed by atoms with Gasteiger partial charge in [0.15, 0.2) is 0 Å². The van der Waals surface area contributed by atoms with Crippen LogP contribution in [0.25, 0.3) is 10.9 Å². The maximum absolute atomic E-state index is 13.4. The molecule has 0 saturated carbocycles. The van der Waals surface area contributed by atoms with Crippen molar-refractivity contribution in [1.29, 1.82) is 0 Å². The van der Waals surface area contributed by atoms with Crippen LogP contribution in [0.5, 0.6) is 11.5 Å². The van der Waals surface area contributed by atoms with E-state index in [0.29, 0.717) is 64.4 Å². The van der Waals surface area contributed by atoms with Gasteiger partial charge in [-0.15, -0.1) is 0 Å². The van der Waals surface area contributed by atoms with Crippen LogP contribution >= 0.6 is 0 Å². The molecule has 2 fully saturated rings. The van der Waals surface area contributed by atoms with Gasteiger partial charge in [-0.2, -0.15) is 0 Å². The number of ether oxygens (including phenoxy) is 3. The molecule has 9 nitrogen and oxygen atoms in total. The number of halogens is 2. The van der Waals surface area contributed by atoms with Crippen molar-refractivity contribution in [2.75, 3.05) is 59.7 Å². The standard InChI is InChI=1S/C32H39F2N3O6/c1-41-25-2-3-28-27(19-25)30(22(20-35-28)21-37-10-13-42-14-11-37)29(38)4-5-32(31(39)40)6-8-36(9-7-32)12-15-43-26-17-23(33)16-24(34)18-26/h2-3,16-20,29,38H,4-15,21H2,1H3,(H,39,40). The number of fused-ring (bicyclic) bond motifs is 1. The zero-order valence-electron chi connectivity index (χ0n) is 24.4. The average molecular weight is 600 g/mol. The van der Waals surface area contributed by atoms with Gasteiger partial charge in [0, 0.05) is 56.0 Å². The third-order valence-electron chi connectivity index (χ3n) is 8.71. The van der Waals surface area contributed by atoms with Crippen LogP contribution in [0.1, 0.15) is 42.9 Å². The van der Waals surface area contributed by atoms with Crippen LogP contribution in [0.3, 0.4) is 0 Å². The number of pyridine rings is 1. The largest absolute Gasteiger partial charge is 0.497 e. The SMILES string of the molecule is COc1ccc2ncc(CN3CCOCC3)c(C(O)CCC3(C(=O)O)CCN(CCOc4cc(F)cc(F)c4)CC3)c2c1. The maximum atomic E-state index is 13.4. The Morgan fingerprint density at radius 2 is 1.77 bits per heavy atom. The predicted octanol–water partition coefficient (Wildman–Crippen LogP) is 4.41. The number of carboxylic acid groups (broad SMARTS) is 1. The second kappa shape index (κ2) is 13.9. The summed E-state index contributed by atoms with van der Waals surface area (Å²) in [5.74, 6) is -1.48. The van der Waals surface area contributed by atoms with Crippen molar-refractivity contribution in [3.63, 3.8) is 0 Å². The van der Waals surface area contributed by atoms with Crippen LogP contribution in [0.4, 0.5) is 8.78 Å². The summed E-state index contributed by atoms with van der Waals surface area (Å²) in [4.78, 5) is 21.6. The van der Waals surface area contributed by atoms with Gasteiger partial charge in [-0.25, -0.2) is 8.78 Å². The van der Waals surface area contributed by atoms with E-state index < -0.39 is 29.1 Å². The maximum Gasteiger partial charge on any atom is 0.309 e. The van der Waals surface area contributed by atoms with Crippen molar-refractivity contribution in [3.05, 3.63) is 65.4 Å². The molecule has 0 spiro atoms. The molecule has 2 aliphatic rings. The average Bonchev–Trinajstić information content (AvgIpc) is 3.00. The number of hydrogen-bond donors (Lipinski definition) is 2. The molecule has 1 aromatic heterocycles. The summed E-state index contributed by atoms with van der Waals surface area (Å²) in [6.45, 7) is 5.31. The smallest absolute Gasteiger partial charge is 0.309 e. The van der Waals surface area contributed by atoms with Gasteiger partial charge in [0.2, 0.25) is 0 Å². The van der Waals surface area contributed by atoms with E-state index in [4.69, 9.17) is 14.2 Å². The fraction of sp³-hybridized carbons (Fsp3) is 0.500. The Kier molecular flexibility index (Phi) is 10.1. The number of methoxy groups -OCH3 is 1. The lowest BCUT2D eigenvalue weighted by Crippen LogP contribution is -2.45. The highest BCUT2D eigenvalue weighted by Crippen LogP contribution is 2.40. The van der Waals surface area contributed by atoms with Gasteiger partial charge in [-0.05, 0) is 68.1 Å². The van der Waals surface area contributed by atoms with Gasteiger partial charge < -0.3 is 24.4 Å². The first-order chi connectivity index (χ1) is 20.8. The van der Waals surface area contributed by atoms with Crippen LogP contribution < -0.4 is 9.47 Å². The minimum atomic E-state index is -0.963. The van der Waals surface area contributed by atoms with E-state index in [-0.39, 0.29) is 18.8 Å². The Bertz CT molecular complexity index is 1390. The Morgan fingerprint density at radius 3 is 2.44 bits per heavy atom. The van der Waals surface area contributed by atoms with E-state index in [2.05, 4.69) is 14.8 Å². The number of aromatic nitrogens is 1. The molecule has 11 heteroatoms. The number of benzene rings is 2. The fourth-order valence-electron chi connectivity index (χ4n) is 6.12. The highest BCUT2D eigenvalue weighted by molar-refractivity contribution is 5.85. The van der Waals surface area contributed by atoms with Crippen molar-refractivity contribution in [3.8, 4) is 11.5 Å². The molecule has 2 N–H and O–H groups in total. The topological polar surface area (TPSA) is 105 Å². The lowest BCUT2D eigenvalue weighted by molar-refractivity contribution is -0.153. The van der Waals surface area contributed by atoms with E-state index in [0.717, 1.165) is 53.3 Å². The van der Waals surface area contributed by atoms with Crippen LogP contribution in [0, 0.1) is 17.0 Å². The van der Waals surface area contributed by atoms with Crippen LogP contribution in [0.15, 0.2) is 42.6 Å². The lowest BCUT2D eigenvalue weighted by Gasteiger charge is -2.39. The Balaban J connectivity index is 1.25. The summed E-state index contributed by atoms with van der Waals surface area (Å²) in [5.41, 5.74) is 1.45. The molecule has 1 unspecified atom stereocenters. The summed E-state index contributed by atoms with van der Waals surface area (Å²) < 4.78 is 43.3. The number of likely N-dealkylation sites (tertiary alicyclic amines) is 1. The number of aliphatic carboxylic acids is 1. The molecule has 232 valence electrons. The number of piperidine rings is 1. The molecular weight excluding hydrogens is 560 g/mol. The molecular formula is C32H39F2N3O6. The Labute approximate surface area is 250 Å². The summed E-state index contributed by atoms with van der Waals surface area (Å²) in [5, 5.41) is 22.8. The highest BCUT2D eigenvalue weighted by atomic mass is 19.1. The molecule has 0 aliphatic carbocycles. The van der Waals surface area contributed by atoms with Crippen molar-refractivity contribution in [2.45, 2.75) is 38.3 Å². The van der Waals surface area contributed by atoms with Gasteiger partial charge in [0.25, 0.3) is 0 Å². The minimum absolute atomic E-state index is 0.123. The molecule has 0 bridgehead atoms. The van der Waals surface area contributed by atoms with E-state index in [1.807, 2.05) is 24.4 Å². The number of aliphatic hydroxyl groups is 1. The number of hydrogen-bond acceptors (Lipinski definition) is 8. The second-order valence-electron chi connectivity index (χ2n) is 11.4. The zero-order chi connectivity index (χ0) is 30.4. The Morgan fingerprint density at radius 1 is 1.05 bits per heavy atom. The number of rotatable bonds is 12. The quantitative estimate of drug-likeness (QED) is 0.313. The first-order valence-electron chi connectivity index (χ1n) is 14.7. The number of aliphatic hydroxyl groups excluding tert-OH is 1. The third kappa shape index (κ3) is 7.59. The van der Waals surface area contributed by atoms with Gasteiger partial charge in [-0.1, -0.05) is 0 Å². The number of carboxylic acids is 1. The lowest BCUT2D eigenvalue weighted by atomic mass is 9.74. The van der Waals surface area contributed by atoms with Gasteiger partial charge >= 0.3 is 5.97 Å². The molecule has 2 aliphatic heterocycles.